The van der Waals surface area contributed by atoms with E-state index in [-0.39, 0.29) is 5.56 Å². The number of hydrogen-bond donors (Lipinski definition) is 3. The van der Waals surface area contributed by atoms with Crippen LogP contribution in [0.15, 0.2) is 95.8 Å². The molecular weight excluding hydrogens is 797 g/mol. The maximum absolute atomic E-state index is 12.4. The summed E-state index contributed by atoms with van der Waals surface area (Å²) >= 11 is 3.07. The molecule has 7 aromatic rings. The van der Waals surface area contributed by atoms with Crippen LogP contribution in [0.4, 0.5) is 43.7 Å². The highest BCUT2D eigenvalue weighted by Gasteiger charge is 2.61. The van der Waals surface area contributed by atoms with Gasteiger partial charge in [0.05, 0.1) is 31.8 Å². The molecule has 0 radical (unpaired) electrons. The number of thiazole rings is 2. The summed E-state index contributed by atoms with van der Waals surface area (Å²) < 4.78 is 123. The van der Waals surface area contributed by atoms with Crippen molar-refractivity contribution in [3.63, 3.8) is 0 Å². The van der Waals surface area contributed by atoms with Crippen molar-refractivity contribution in [2.24, 2.45) is 0 Å². The van der Waals surface area contributed by atoms with Gasteiger partial charge in [-0.25, -0.2) is 14.6 Å². The number of benzene rings is 3. The third-order valence-electron chi connectivity index (χ3n) is 6.54. The topological polar surface area (TPSA) is 205 Å². The van der Waals surface area contributed by atoms with E-state index in [4.69, 9.17) is 11.5 Å². The van der Waals surface area contributed by atoms with E-state index in [0.29, 0.717) is 28.9 Å². The fraction of sp³-hybridized carbons (Fsp3) is 0.103. The van der Waals surface area contributed by atoms with Crippen LogP contribution in [0.1, 0.15) is 5.69 Å². The van der Waals surface area contributed by atoms with Gasteiger partial charge < -0.3 is 11.5 Å². The van der Waals surface area contributed by atoms with E-state index in [1.54, 1.807) is 16.0 Å². The summed E-state index contributed by atoms with van der Waals surface area (Å²) in [6.45, 7) is 1.92. The largest absolute Gasteiger partial charge is 0.517 e. The number of aromatic amines is 1. The Morgan fingerprint density at radius 3 is 1.60 bits per heavy atom. The molecule has 0 bridgehead atoms. The summed E-state index contributed by atoms with van der Waals surface area (Å²) in [5.41, 5.74) is 0.329. The lowest BCUT2D eigenvalue weighted by atomic mass is 10.3. The average molecular weight is 820 g/mol. The first-order valence-corrected chi connectivity index (χ1v) is 18.8. The predicted molar refractivity (Wildman–Crippen MR) is 189 cm³/mol. The number of aromatic nitrogens is 6. The third-order valence-corrected chi connectivity index (χ3v) is 12.2. The van der Waals surface area contributed by atoms with Gasteiger partial charge in [-0.3, -0.25) is 9.89 Å². The standard InChI is InChI=1S/C11H10N4S.C10H8N4OS.C8H5F6NO4S2/c1-7-6-10(12)15(14-7)11-13-8-4-2-3-5-9(8)16-11;11-8-5-9(15)13-14(8)10-12-6-3-1-2-4-7(6)16-10;9-7(10,11)20(16,17)15(6-4-2-1-3-5-6)21(18,19)8(12,13)14/h2-6H,12H2,1H3;1-5H,11H2,(H,13,15);1-5H. The van der Waals surface area contributed by atoms with E-state index >= 15 is 0 Å². The molecule has 0 spiro atoms. The molecule has 280 valence electrons. The zero-order valence-corrected chi connectivity index (χ0v) is 29.7. The molecule has 4 aromatic heterocycles. The number of rotatable bonds is 5. The fourth-order valence-electron chi connectivity index (χ4n) is 4.29. The molecule has 0 aliphatic heterocycles. The minimum absolute atomic E-state index is 0.225. The van der Waals surface area contributed by atoms with Crippen LogP contribution in [0.3, 0.4) is 0 Å². The molecule has 0 saturated carbocycles. The van der Waals surface area contributed by atoms with Crippen LogP contribution in [-0.4, -0.2) is 57.4 Å². The smallest absolute Gasteiger partial charge is 0.383 e. The van der Waals surface area contributed by atoms with Gasteiger partial charge >= 0.3 is 31.1 Å². The van der Waals surface area contributed by atoms with E-state index in [9.17, 15) is 48.0 Å². The number of nitrogens with one attached hydrogen (secondary N) is 1. The molecule has 3 aromatic carbocycles. The Kier molecular flexibility index (Phi) is 10.6. The summed E-state index contributed by atoms with van der Waals surface area (Å²) in [4.78, 5) is 20.0. The first kappa shape index (κ1) is 38.8. The van der Waals surface area contributed by atoms with Crippen molar-refractivity contribution in [1.29, 1.82) is 0 Å². The molecule has 0 saturated heterocycles. The first-order valence-electron chi connectivity index (χ1n) is 14.3. The van der Waals surface area contributed by atoms with Gasteiger partial charge in [-0.2, -0.15) is 53.0 Å². The highest BCUT2D eigenvalue weighted by molar-refractivity contribution is 8.11. The maximum atomic E-state index is 12.4. The number of H-pyrrole nitrogens is 1. The second-order valence-corrected chi connectivity index (χ2v) is 16.2. The van der Waals surface area contributed by atoms with Gasteiger partial charge in [0.15, 0.2) is 0 Å². The summed E-state index contributed by atoms with van der Waals surface area (Å²) in [7, 11) is -13.6. The number of fused-ring (bicyclic) bond motifs is 2. The highest BCUT2D eigenvalue weighted by atomic mass is 32.3. The number of hydrogen-bond acceptors (Lipinski definition) is 12. The first-order chi connectivity index (χ1) is 24.7. The van der Waals surface area contributed by atoms with Crippen LogP contribution in [0, 0.1) is 6.92 Å². The Bertz CT molecular complexity index is 2560. The Hall–Kier alpha value is -5.46. The lowest BCUT2D eigenvalue weighted by Gasteiger charge is -2.25. The number of nitrogen functional groups attached to an aromatic ring is 2. The minimum Gasteiger partial charge on any atom is -0.383 e. The normalized spacial score (nSPS) is 12.2. The Morgan fingerprint density at radius 2 is 1.17 bits per heavy atom. The fourth-order valence-corrected chi connectivity index (χ4v) is 8.89. The molecule has 0 fully saturated rings. The van der Waals surface area contributed by atoms with E-state index in [2.05, 4.69) is 20.2 Å². The van der Waals surface area contributed by atoms with Gasteiger partial charge in [0.2, 0.25) is 10.3 Å². The number of nitrogens with zero attached hydrogens (tertiary/aromatic N) is 6. The number of alkyl halides is 6. The van der Waals surface area contributed by atoms with Crippen LogP contribution < -0.4 is 20.7 Å². The number of anilines is 3. The van der Waals surface area contributed by atoms with Gasteiger partial charge in [0.1, 0.15) is 11.6 Å². The number of aryl methyl sites for hydroxylation is 1. The molecule has 4 heterocycles. The molecule has 0 aliphatic carbocycles. The average Bonchev–Trinajstić information content (AvgIpc) is 3.85. The summed E-state index contributed by atoms with van der Waals surface area (Å²) in [5.74, 6) is 0.987. The second-order valence-electron chi connectivity index (χ2n) is 10.4. The molecule has 0 atom stereocenters. The number of sulfonamides is 2. The molecule has 14 nitrogen and oxygen atoms in total. The van der Waals surface area contributed by atoms with Crippen molar-refractivity contribution in [2.75, 3.05) is 15.2 Å². The van der Waals surface area contributed by atoms with Gasteiger partial charge in [-0.05, 0) is 43.3 Å². The molecule has 24 heteroatoms. The van der Waals surface area contributed by atoms with Gasteiger partial charge in [0, 0.05) is 12.1 Å². The van der Waals surface area contributed by atoms with Crippen molar-refractivity contribution in [2.45, 2.75) is 17.9 Å². The lowest BCUT2D eigenvalue weighted by Crippen LogP contribution is -2.49. The maximum Gasteiger partial charge on any atom is 0.517 e. The van der Waals surface area contributed by atoms with Crippen molar-refractivity contribution in [3.05, 3.63) is 107 Å². The molecule has 53 heavy (non-hydrogen) atoms. The third kappa shape index (κ3) is 8.13. The van der Waals surface area contributed by atoms with Crippen LogP contribution in [-0.2, 0) is 20.0 Å². The van der Waals surface area contributed by atoms with Gasteiger partial charge in [-0.15, -0.1) is 3.71 Å². The second kappa shape index (κ2) is 14.5. The van der Waals surface area contributed by atoms with Crippen molar-refractivity contribution in [1.82, 2.24) is 29.5 Å². The Balaban J connectivity index is 0.000000155. The van der Waals surface area contributed by atoms with Gasteiger partial charge in [-0.1, -0.05) is 65.1 Å². The quantitative estimate of drug-likeness (QED) is 0.175. The molecule has 0 amide bonds. The van der Waals surface area contributed by atoms with E-state index in [1.165, 1.54) is 22.1 Å². The molecule has 0 aliphatic rings. The van der Waals surface area contributed by atoms with Crippen LogP contribution in [0.25, 0.3) is 30.7 Å². The van der Waals surface area contributed by atoms with Crippen LogP contribution >= 0.6 is 22.7 Å². The summed E-state index contributed by atoms with van der Waals surface area (Å²) in [6.07, 6.45) is 0. The van der Waals surface area contributed by atoms with E-state index in [0.717, 1.165) is 49.5 Å². The SMILES string of the molecule is Cc1cc(N)n(-c2nc3ccccc3s2)n1.Nc1cc(=O)[nH]n1-c1nc2ccccc2s1.O=S(=O)(N(c1ccccc1)S(=O)(=O)C(F)(F)F)C(F)(F)F. The van der Waals surface area contributed by atoms with E-state index in [1.807, 2.05) is 61.5 Å². The number of halogens is 6. The van der Waals surface area contributed by atoms with Crippen molar-refractivity contribution in [3.8, 4) is 10.3 Å². The summed E-state index contributed by atoms with van der Waals surface area (Å²) in [5, 5.41) is 8.40. The number of nitrogens with two attached hydrogens (primary N) is 2. The van der Waals surface area contributed by atoms with Crippen molar-refractivity contribution >= 4 is 80.5 Å². The molecule has 7 rings (SSSR count). The monoisotopic (exact) mass is 819 g/mol. The number of para-hydroxylation sites is 3. The molecule has 0 unspecified atom stereocenters. The summed E-state index contributed by atoms with van der Waals surface area (Å²) in [6, 6.07) is 22.8. The zero-order chi connectivity index (χ0) is 38.9. The van der Waals surface area contributed by atoms with Crippen LogP contribution in [0.5, 0.6) is 0 Å². The van der Waals surface area contributed by atoms with Crippen molar-refractivity contribution < 1.29 is 43.2 Å². The van der Waals surface area contributed by atoms with Gasteiger partial charge in [0.25, 0.3) is 5.56 Å². The lowest BCUT2D eigenvalue weighted by molar-refractivity contribution is -0.0462. The minimum atomic E-state index is -6.81. The van der Waals surface area contributed by atoms with E-state index < -0.39 is 40.5 Å². The molecule has 5 N–H and O–H groups in total. The predicted octanol–water partition coefficient (Wildman–Crippen LogP) is 5.92. The zero-order valence-electron chi connectivity index (χ0n) is 26.4. The Morgan fingerprint density at radius 1 is 0.698 bits per heavy atom. The molecular formula is C29H23F6N9O5S4. The highest BCUT2D eigenvalue weighted by Crippen LogP contribution is 2.38. The van der Waals surface area contributed by atoms with Crippen LogP contribution in [0.2, 0.25) is 0 Å². The Labute approximate surface area is 302 Å².